The zero-order valence-electron chi connectivity index (χ0n) is 12.2. The van der Waals surface area contributed by atoms with Crippen LogP contribution in [-0.2, 0) is 22.3 Å². The third-order valence-electron chi connectivity index (χ3n) is 2.91. The minimum Gasteiger partial charge on any atom is -0.460 e. The van der Waals surface area contributed by atoms with Gasteiger partial charge >= 0.3 is 5.97 Å². The largest absolute Gasteiger partial charge is 0.460 e. The van der Waals surface area contributed by atoms with E-state index < -0.39 is 0 Å². The third kappa shape index (κ3) is 5.43. The van der Waals surface area contributed by atoms with Crippen LogP contribution in [0.2, 0.25) is 0 Å². The summed E-state index contributed by atoms with van der Waals surface area (Å²) in [4.78, 5) is 11.9. The second-order valence-electron chi connectivity index (χ2n) is 4.49. The van der Waals surface area contributed by atoms with Crippen molar-refractivity contribution in [2.75, 3.05) is 19.8 Å². The van der Waals surface area contributed by atoms with Crippen molar-refractivity contribution in [3.63, 3.8) is 0 Å². The summed E-state index contributed by atoms with van der Waals surface area (Å²) in [5.74, 6) is -0.259. The summed E-state index contributed by atoms with van der Waals surface area (Å²) >= 11 is 0. The first-order valence-corrected chi connectivity index (χ1v) is 7.08. The topological polar surface area (TPSA) is 35.5 Å². The second-order valence-corrected chi connectivity index (χ2v) is 4.49. The summed E-state index contributed by atoms with van der Waals surface area (Å²) in [6.07, 6.45) is 2.83. The average Bonchev–Trinajstić information content (AvgIpc) is 2.46. The maximum atomic E-state index is 11.9. The quantitative estimate of drug-likeness (QED) is 0.533. The van der Waals surface area contributed by atoms with Gasteiger partial charge in [-0.3, -0.25) is 0 Å². The van der Waals surface area contributed by atoms with Gasteiger partial charge in [0.15, 0.2) is 0 Å². The first kappa shape index (κ1) is 15.7. The Bertz CT molecular complexity index is 377. The van der Waals surface area contributed by atoms with E-state index in [1.807, 2.05) is 12.1 Å². The van der Waals surface area contributed by atoms with Gasteiger partial charge in [0.25, 0.3) is 0 Å². The van der Waals surface area contributed by atoms with E-state index in [1.54, 1.807) is 0 Å². The molecule has 0 spiro atoms. The Labute approximate surface area is 115 Å². The summed E-state index contributed by atoms with van der Waals surface area (Å²) in [6, 6.07) is 5.96. The molecule has 0 amide bonds. The van der Waals surface area contributed by atoms with Gasteiger partial charge in [-0.1, -0.05) is 26.8 Å². The van der Waals surface area contributed by atoms with Gasteiger partial charge in [0.1, 0.15) is 6.61 Å². The highest BCUT2D eigenvalue weighted by Crippen LogP contribution is 2.13. The summed E-state index contributed by atoms with van der Waals surface area (Å²) in [5, 5.41) is 0. The van der Waals surface area contributed by atoms with Crippen LogP contribution in [0.5, 0.6) is 0 Å². The Hall–Kier alpha value is -1.35. The molecule has 106 valence electrons. The number of esters is 1. The van der Waals surface area contributed by atoms with Crippen molar-refractivity contribution in [2.45, 2.75) is 40.0 Å². The van der Waals surface area contributed by atoms with Crippen LogP contribution in [0, 0.1) is 0 Å². The van der Waals surface area contributed by atoms with E-state index in [4.69, 9.17) is 9.47 Å². The van der Waals surface area contributed by atoms with Crippen LogP contribution in [-0.4, -0.2) is 25.8 Å². The highest BCUT2D eigenvalue weighted by molar-refractivity contribution is 5.89. The van der Waals surface area contributed by atoms with Crippen molar-refractivity contribution in [3.05, 3.63) is 34.9 Å². The number of hydrogen-bond acceptors (Lipinski definition) is 3. The van der Waals surface area contributed by atoms with E-state index in [1.165, 1.54) is 11.1 Å². The summed E-state index contributed by atoms with van der Waals surface area (Å²) < 4.78 is 10.5. The Kier molecular flexibility index (Phi) is 7.19. The van der Waals surface area contributed by atoms with Gasteiger partial charge in [0.05, 0.1) is 12.2 Å². The van der Waals surface area contributed by atoms with Crippen molar-refractivity contribution in [3.8, 4) is 0 Å². The molecule has 0 aliphatic rings. The number of benzene rings is 1. The minimum absolute atomic E-state index is 0.259. The van der Waals surface area contributed by atoms with Crippen LogP contribution in [0.1, 0.15) is 48.7 Å². The van der Waals surface area contributed by atoms with E-state index in [9.17, 15) is 4.79 Å². The standard InChI is InChI=1S/C16H24O3/c1-4-7-18-8-9-19-16(17)15-11-13(5-2)10-14(6-3)12-15/h10-12H,4-9H2,1-3H3. The first-order valence-electron chi connectivity index (χ1n) is 7.08. The maximum Gasteiger partial charge on any atom is 0.338 e. The molecule has 0 heterocycles. The highest BCUT2D eigenvalue weighted by atomic mass is 16.6. The lowest BCUT2D eigenvalue weighted by Crippen LogP contribution is -2.11. The fourth-order valence-electron chi connectivity index (χ4n) is 1.81. The third-order valence-corrected chi connectivity index (χ3v) is 2.91. The maximum absolute atomic E-state index is 11.9. The second kappa shape index (κ2) is 8.70. The molecule has 3 nitrogen and oxygen atoms in total. The van der Waals surface area contributed by atoms with Gasteiger partial charge in [0.2, 0.25) is 0 Å². The van der Waals surface area contributed by atoms with Crippen molar-refractivity contribution in [2.24, 2.45) is 0 Å². The molecule has 0 atom stereocenters. The Morgan fingerprint density at radius 3 is 2.11 bits per heavy atom. The molecule has 0 N–H and O–H groups in total. The van der Waals surface area contributed by atoms with Crippen LogP contribution in [0.3, 0.4) is 0 Å². The van der Waals surface area contributed by atoms with Crippen molar-refractivity contribution in [1.29, 1.82) is 0 Å². The van der Waals surface area contributed by atoms with Gasteiger partial charge in [0, 0.05) is 6.61 Å². The molecule has 0 unspecified atom stereocenters. The SMILES string of the molecule is CCCOCCOC(=O)c1cc(CC)cc(CC)c1. The monoisotopic (exact) mass is 264 g/mol. The summed E-state index contributed by atoms with van der Waals surface area (Å²) in [5.41, 5.74) is 2.99. The predicted molar refractivity (Wildman–Crippen MR) is 76.6 cm³/mol. The van der Waals surface area contributed by atoms with E-state index in [2.05, 4.69) is 26.8 Å². The molecule has 1 aromatic carbocycles. The lowest BCUT2D eigenvalue weighted by molar-refractivity contribution is 0.0318. The molecule has 0 fully saturated rings. The number of carbonyl (C=O) groups is 1. The van der Waals surface area contributed by atoms with Gasteiger partial charge in [-0.25, -0.2) is 4.79 Å². The fourth-order valence-corrected chi connectivity index (χ4v) is 1.81. The zero-order chi connectivity index (χ0) is 14.1. The molecule has 0 bridgehead atoms. The van der Waals surface area contributed by atoms with E-state index >= 15 is 0 Å². The smallest absolute Gasteiger partial charge is 0.338 e. The molecule has 3 heteroatoms. The van der Waals surface area contributed by atoms with E-state index in [0.29, 0.717) is 25.4 Å². The predicted octanol–water partition coefficient (Wildman–Crippen LogP) is 3.39. The molecule has 0 aliphatic carbocycles. The first-order chi connectivity index (χ1) is 9.21. The number of hydrogen-bond donors (Lipinski definition) is 0. The summed E-state index contributed by atoms with van der Waals surface area (Å²) in [6.45, 7) is 7.71. The van der Waals surface area contributed by atoms with Crippen molar-refractivity contribution >= 4 is 5.97 Å². The molecule has 0 aromatic heterocycles. The molecule has 1 rings (SSSR count). The summed E-state index contributed by atoms with van der Waals surface area (Å²) in [7, 11) is 0. The Balaban J connectivity index is 2.55. The average molecular weight is 264 g/mol. The molecule has 0 radical (unpaired) electrons. The van der Waals surface area contributed by atoms with E-state index in [0.717, 1.165) is 19.3 Å². The number of aryl methyl sites for hydroxylation is 2. The number of carbonyl (C=O) groups excluding carboxylic acids is 1. The number of rotatable bonds is 8. The van der Waals surface area contributed by atoms with Gasteiger partial charge in [-0.15, -0.1) is 0 Å². The lowest BCUT2D eigenvalue weighted by Gasteiger charge is -2.08. The van der Waals surface area contributed by atoms with Crippen molar-refractivity contribution < 1.29 is 14.3 Å². The van der Waals surface area contributed by atoms with Crippen LogP contribution in [0.25, 0.3) is 0 Å². The molecule has 1 aromatic rings. The molecule has 19 heavy (non-hydrogen) atoms. The lowest BCUT2D eigenvalue weighted by atomic mass is 10.0. The Morgan fingerprint density at radius 2 is 1.58 bits per heavy atom. The molecular formula is C16H24O3. The normalized spacial score (nSPS) is 10.5. The molecule has 0 aliphatic heterocycles. The molecule has 0 saturated heterocycles. The van der Waals surface area contributed by atoms with Crippen LogP contribution >= 0.6 is 0 Å². The van der Waals surface area contributed by atoms with Gasteiger partial charge in [-0.05, 0) is 42.5 Å². The minimum atomic E-state index is -0.259. The Morgan fingerprint density at radius 1 is 0.947 bits per heavy atom. The van der Waals surface area contributed by atoms with Crippen LogP contribution in [0.15, 0.2) is 18.2 Å². The van der Waals surface area contributed by atoms with Gasteiger partial charge < -0.3 is 9.47 Å². The molecular weight excluding hydrogens is 240 g/mol. The zero-order valence-corrected chi connectivity index (χ0v) is 12.2. The highest BCUT2D eigenvalue weighted by Gasteiger charge is 2.09. The molecule has 0 saturated carbocycles. The number of ether oxygens (including phenoxy) is 2. The van der Waals surface area contributed by atoms with Crippen LogP contribution in [0.4, 0.5) is 0 Å². The fraction of sp³-hybridized carbons (Fsp3) is 0.562. The van der Waals surface area contributed by atoms with Crippen molar-refractivity contribution in [1.82, 2.24) is 0 Å². The van der Waals surface area contributed by atoms with Gasteiger partial charge in [-0.2, -0.15) is 0 Å². The van der Waals surface area contributed by atoms with Crippen LogP contribution < -0.4 is 0 Å². The van der Waals surface area contributed by atoms with E-state index in [-0.39, 0.29) is 5.97 Å².